The average Bonchev–Trinajstić information content (AvgIpc) is 3.17. The Labute approximate surface area is 195 Å². The number of amidine groups is 1. The molecule has 0 spiro atoms. The molecule has 0 fully saturated rings. The maximum atomic E-state index is 9.26. The Morgan fingerprint density at radius 1 is 0.645 bits per heavy atom. The Hall–Kier alpha value is -0.570. The van der Waals surface area contributed by atoms with Crippen LogP contribution in [0.5, 0.6) is 0 Å². The van der Waals surface area contributed by atoms with Crippen molar-refractivity contribution in [1.82, 2.24) is 4.90 Å². The number of hydrogen-bond donors (Lipinski definition) is 1. The van der Waals surface area contributed by atoms with E-state index in [4.69, 9.17) is 0 Å². The van der Waals surface area contributed by atoms with Gasteiger partial charge < -0.3 is 5.11 Å². The van der Waals surface area contributed by atoms with Crippen LogP contribution < -0.4 is 0 Å². The lowest BCUT2D eigenvalue weighted by atomic mass is 10.0. The van der Waals surface area contributed by atoms with Crippen molar-refractivity contribution in [2.75, 3.05) is 32.8 Å². The van der Waals surface area contributed by atoms with E-state index < -0.39 is 0 Å². The summed E-state index contributed by atoms with van der Waals surface area (Å²) in [6, 6.07) is 0. The summed E-state index contributed by atoms with van der Waals surface area (Å²) in [5.74, 6) is 1.49. The van der Waals surface area contributed by atoms with Crippen LogP contribution in [0.2, 0.25) is 0 Å². The van der Waals surface area contributed by atoms with E-state index in [0.717, 1.165) is 26.2 Å². The summed E-state index contributed by atoms with van der Waals surface area (Å²) in [6.45, 7) is 8.99. The van der Waals surface area contributed by atoms with Crippen molar-refractivity contribution in [2.45, 2.75) is 142 Å². The van der Waals surface area contributed by atoms with E-state index in [1.807, 2.05) is 0 Å². The molecular weight excluding hydrogens is 380 g/mol. The fourth-order valence-electron chi connectivity index (χ4n) is 5.08. The Kier molecular flexibility index (Phi) is 19.5. The van der Waals surface area contributed by atoms with Crippen LogP contribution in [-0.4, -0.2) is 53.2 Å². The summed E-state index contributed by atoms with van der Waals surface area (Å²) in [5.41, 5.74) is 0. The molecule has 0 amide bonds. The summed E-state index contributed by atoms with van der Waals surface area (Å²) in [4.78, 5) is 2.50. The van der Waals surface area contributed by atoms with Crippen molar-refractivity contribution >= 4 is 5.84 Å². The number of β-amino-alcohol motifs (C(OH)–C–C–N with tert-alkyl or cyclic N) is 1. The molecular formula is C28H57N2O+. The molecule has 1 heterocycles. The maximum absolute atomic E-state index is 9.26. The van der Waals surface area contributed by atoms with Crippen LogP contribution in [0.15, 0.2) is 0 Å². The van der Waals surface area contributed by atoms with Crippen LogP contribution in [0.25, 0.3) is 0 Å². The Bertz CT molecular complexity index is 421. The molecule has 1 aliphatic heterocycles. The monoisotopic (exact) mass is 437 g/mol. The van der Waals surface area contributed by atoms with Gasteiger partial charge in [-0.3, -0.25) is 9.48 Å². The van der Waals surface area contributed by atoms with Gasteiger partial charge in [-0.1, -0.05) is 122 Å². The fourth-order valence-corrected chi connectivity index (χ4v) is 5.08. The van der Waals surface area contributed by atoms with E-state index in [-0.39, 0.29) is 6.61 Å². The van der Waals surface area contributed by atoms with Gasteiger partial charge in [0.2, 0.25) is 5.84 Å². The van der Waals surface area contributed by atoms with E-state index in [9.17, 15) is 5.11 Å². The number of nitrogens with zero attached hydrogens (tertiary/aromatic N) is 2. The van der Waals surface area contributed by atoms with Crippen LogP contribution >= 0.6 is 0 Å². The molecule has 1 aliphatic rings. The highest BCUT2D eigenvalue weighted by molar-refractivity contribution is 5.78. The van der Waals surface area contributed by atoms with Crippen LogP contribution in [0.1, 0.15) is 142 Å². The van der Waals surface area contributed by atoms with Crippen molar-refractivity contribution in [3.8, 4) is 0 Å². The third kappa shape index (κ3) is 15.0. The van der Waals surface area contributed by atoms with E-state index in [1.54, 1.807) is 0 Å². The zero-order valence-electron chi connectivity index (χ0n) is 21.5. The third-order valence-corrected chi connectivity index (χ3v) is 7.13. The van der Waals surface area contributed by atoms with Gasteiger partial charge in [0, 0.05) is 6.42 Å². The molecule has 0 aromatic heterocycles. The lowest BCUT2D eigenvalue weighted by Gasteiger charge is -2.11. The maximum Gasteiger partial charge on any atom is 0.247 e. The number of aliphatic hydroxyl groups is 1. The van der Waals surface area contributed by atoms with Crippen LogP contribution in [0.3, 0.4) is 0 Å². The van der Waals surface area contributed by atoms with Gasteiger partial charge in [0.25, 0.3) is 0 Å². The molecule has 0 radical (unpaired) electrons. The van der Waals surface area contributed by atoms with Crippen molar-refractivity contribution < 1.29 is 9.68 Å². The summed E-state index contributed by atoms with van der Waals surface area (Å²) in [5, 5.41) is 9.26. The second-order valence-electron chi connectivity index (χ2n) is 9.82. The molecule has 3 nitrogen and oxygen atoms in total. The van der Waals surface area contributed by atoms with Gasteiger partial charge in [-0.15, -0.1) is 0 Å². The van der Waals surface area contributed by atoms with Crippen LogP contribution in [0, 0.1) is 0 Å². The quantitative estimate of drug-likeness (QED) is 0.132. The molecule has 0 aliphatic carbocycles. The van der Waals surface area contributed by atoms with Gasteiger partial charge in [-0.05, 0) is 13.3 Å². The smallest absolute Gasteiger partial charge is 0.247 e. The minimum absolute atomic E-state index is 0.278. The largest absolute Gasteiger partial charge is 0.392 e. The molecule has 0 saturated heterocycles. The van der Waals surface area contributed by atoms with Gasteiger partial charge in [0.1, 0.15) is 19.6 Å². The van der Waals surface area contributed by atoms with Gasteiger partial charge in [-0.2, -0.15) is 0 Å². The first-order valence-electron chi connectivity index (χ1n) is 14.3. The van der Waals surface area contributed by atoms with Crippen molar-refractivity contribution in [1.29, 1.82) is 0 Å². The highest BCUT2D eigenvalue weighted by atomic mass is 16.3. The van der Waals surface area contributed by atoms with Crippen LogP contribution in [-0.2, 0) is 0 Å². The van der Waals surface area contributed by atoms with Gasteiger partial charge in [0.15, 0.2) is 0 Å². The number of unbranched alkanes of at least 4 members (excludes halogenated alkanes) is 18. The van der Waals surface area contributed by atoms with E-state index in [1.165, 1.54) is 134 Å². The first-order chi connectivity index (χ1) is 15.3. The average molecular weight is 438 g/mol. The minimum Gasteiger partial charge on any atom is -0.392 e. The van der Waals surface area contributed by atoms with Gasteiger partial charge in [0.05, 0.1) is 13.2 Å². The highest BCUT2D eigenvalue weighted by Gasteiger charge is 2.27. The molecule has 31 heavy (non-hydrogen) atoms. The minimum atomic E-state index is 0.278. The zero-order valence-corrected chi connectivity index (χ0v) is 21.5. The number of likely N-dealkylation sites (N-methyl/N-ethyl adjacent to an activating group) is 1. The normalized spacial score (nSPS) is 14.2. The topological polar surface area (TPSA) is 26.5 Å². The number of rotatable bonds is 23. The highest BCUT2D eigenvalue weighted by Crippen LogP contribution is 2.15. The molecule has 0 atom stereocenters. The first kappa shape index (κ1) is 28.5. The predicted molar refractivity (Wildman–Crippen MR) is 137 cm³/mol. The molecule has 0 saturated carbocycles. The van der Waals surface area contributed by atoms with E-state index in [0.29, 0.717) is 0 Å². The summed E-state index contributed by atoms with van der Waals surface area (Å²) in [6.07, 6.45) is 28.5. The SMILES string of the molecule is CCCCCCCCCCCCCCCCCCCCCC1=[N+](CCO)CCN1CC. The predicted octanol–water partition coefficient (Wildman–Crippen LogP) is 7.55. The molecule has 0 aromatic rings. The van der Waals surface area contributed by atoms with Crippen molar-refractivity contribution in [2.24, 2.45) is 0 Å². The molecule has 184 valence electrons. The molecule has 3 heteroatoms. The lowest BCUT2D eigenvalue weighted by molar-refractivity contribution is -0.521. The summed E-state index contributed by atoms with van der Waals surface area (Å²) >= 11 is 0. The standard InChI is InChI=1S/C28H57N2O/c1-3-5-6-7-8-9-10-11-12-13-14-15-16-17-18-19-20-21-22-23-28-29(4-2)24-25-30(28)26-27-31/h31H,3-27H2,1-2H3/q+1. The second-order valence-corrected chi connectivity index (χ2v) is 9.82. The molecule has 1 N–H and O–H groups in total. The molecule has 0 unspecified atom stereocenters. The molecule has 0 aromatic carbocycles. The number of aliphatic hydroxyl groups excluding tert-OH is 1. The third-order valence-electron chi connectivity index (χ3n) is 7.13. The number of hydrogen-bond acceptors (Lipinski definition) is 2. The Balaban J connectivity index is 1.81. The van der Waals surface area contributed by atoms with Gasteiger partial charge in [-0.25, -0.2) is 0 Å². The fraction of sp³-hybridized carbons (Fsp3) is 0.964. The van der Waals surface area contributed by atoms with Crippen LogP contribution in [0.4, 0.5) is 0 Å². The Morgan fingerprint density at radius 3 is 1.45 bits per heavy atom. The second kappa shape index (κ2) is 21.3. The first-order valence-corrected chi connectivity index (χ1v) is 14.3. The molecule has 1 rings (SSSR count). The van der Waals surface area contributed by atoms with Gasteiger partial charge >= 0.3 is 0 Å². The molecule has 0 bridgehead atoms. The zero-order chi connectivity index (χ0) is 22.4. The lowest BCUT2D eigenvalue weighted by Crippen LogP contribution is -2.30. The summed E-state index contributed by atoms with van der Waals surface area (Å²) in [7, 11) is 0. The Morgan fingerprint density at radius 2 is 1.06 bits per heavy atom. The van der Waals surface area contributed by atoms with E-state index >= 15 is 0 Å². The van der Waals surface area contributed by atoms with E-state index in [2.05, 4.69) is 23.3 Å². The summed E-state index contributed by atoms with van der Waals surface area (Å²) < 4.78 is 2.40. The van der Waals surface area contributed by atoms with Crippen molar-refractivity contribution in [3.63, 3.8) is 0 Å². The van der Waals surface area contributed by atoms with Crippen molar-refractivity contribution in [3.05, 3.63) is 0 Å².